The van der Waals surface area contributed by atoms with Crippen LogP contribution in [0.4, 0.5) is 18.9 Å². The van der Waals surface area contributed by atoms with E-state index in [0.29, 0.717) is 11.3 Å². The van der Waals surface area contributed by atoms with Crippen LogP contribution in [0, 0.1) is 17.1 Å². The fourth-order valence-electron chi connectivity index (χ4n) is 3.95. The number of anilines is 1. The Morgan fingerprint density at radius 1 is 1.33 bits per heavy atom. The van der Waals surface area contributed by atoms with Crippen molar-refractivity contribution in [1.29, 1.82) is 5.26 Å². The van der Waals surface area contributed by atoms with Crippen LogP contribution in [0.1, 0.15) is 41.8 Å². The van der Waals surface area contributed by atoms with Crippen molar-refractivity contribution in [2.75, 3.05) is 18.5 Å². The number of aryl methyl sites for hydroxylation is 1. The second-order valence-electron chi connectivity index (χ2n) is 7.68. The van der Waals surface area contributed by atoms with E-state index in [-0.39, 0.29) is 24.0 Å². The Hall–Kier alpha value is -3.12. The molecular weight excluding hydrogens is 395 g/mol. The van der Waals surface area contributed by atoms with E-state index in [1.807, 2.05) is 0 Å². The number of aliphatic imine (C=N–C) groups is 1. The first-order valence-corrected chi connectivity index (χ1v) is 9.49. The Labute approximate surface area is 171 Å². The van der Waals surface area contributed by atoms with Gasteiger partial charge in [-0.15, -0.1) is 0 Å². The Balaban J connectivity index is 1.69. The van der Waals surface area contributed by atoms with Crippen molar-refractivity contribution in [3.63, 3.8) is 0 Å². The number of nitrogens with zero attached hydrogens (tertiary/aromatic N) is 3. The van der Waals surface area contributed by atoms with Crippen LogP contribution in [0.25, 0.3) is 0 Å². The number of rotatable bonds is 3. The summed E-state index contributed by atoms with van der Waals surface area (Å²) in [6.07, 6.45) is 2.95. The SMILES string of the molecule is C[C@]1(c2cc(N[C@H]3CCc4cc(C#N)cnc43)ccc2F)N=C(N)COCC1(F)F. The standard InChI is InChI=1S/C21H20F3N5O/c1-20(21(23,24)11-30-10-18(26)29-20)15-7-14(3-4-16(15)22)28-17-5-2-13-6-12(8-25)9-27-19(13)17/h3-4,6-7,9,17,28H,2,5,10-11H2,1H3,(H2,26,29)/t17-,20+/m0/s1. The molecule has 2 atom stereocenters. The molecular formula is C21H20F3N5O. The van der Waals surface area contributed by atoms with Gasteiger partial charge in [0.1, 0.15) is 30.9 Å². The first-order chi connectivity index (χ1) is 14.2. The Morgan fingerprint density at radius 3 is 2.90 bits per heavy atom. The number of aromatic nitrogens is 1. The molecule has 1 aromatic carbocycles. The maximum Gasteiger partial charge on any atom is 0.299 e. The van der Waals surface area contributed by atoms with E-state index in [1.54, 1.807) is 6.07 Å². The van der Waals surface area contributed by atoms with Crippen molar-refractivity contribution >= 4 is 11.5 Å². The molecule has 2 aliphatic rings. The van der Waals surface area contributed by atoms with Gasteiger partial charge in [-0.05, 0) is 49.6 Å². The zero-order chi connectivity index (χ0) is 21.5. The minimum atomic E-state index is -3.46. The van der Waals surface area contributed by atoms with Gasteiger partial charge in [-0.2, -0.15) is 5.26 Å². The van der Waals surface area contributed by atoms with Crippen LogP contribution in [0.5, 0.6) is 0 Å². The molecule has 0 saturated carbocycles. The van der Waals surface area contributed by atoms with Crippen LogP contribution < -0.4 is 11.1 Å². The highest BCUT2D eigenvalue weighted by molar-refractivity contribution is 5.82. The minimum absolute atomic E-state index is 0.116. The number of ether oxygens (including phenoxy) is 1. The Bertz CT molecular complexity index is 1070. The van der Waals surface area contributed by atoms with Gasteiger partial charge in [-0.3, -0.25) is 9.98 Å². The van der Waals surface area contributed by atoms with Crippen LogP contribution >= 0.6 is 0 Å². The molecule has 0 saturated heterocycles. The molecule has 0 fully saturated rings. The Kier molecular flexibility index (Phi) is 4.90. The topological polar surface area (TPSA) is 96.3 Å². The fraction of sp³-hybridized carbons (Fsp3) is 0.381. The predicted octanol–water partition coefficient (Wildman–Crippen LogP) is 3.43. The van der Waals surface area contributed by atoms with Gasteiger partial charge in [0.05, 0.1) is 17.3 Å². The molecule has 156 valence electrons. The van der Waals surface area contributed by atoms with E-state index in [4.69, 9.17) is 15.7 Å². The number of nitriles is 1. The molecule has 1 aromatic heterocycles. The molecule has 6 nitrogen and oxygen atoms in total. The van der Waals surface area contributed by atoms with Gasteiger partial charge in [0.15, 0.2) is 5.54 Å². The number of hydrogen-bond acceptors (Lipinski definition) is 6. The summed E-state index contributed by atoms with van der Waals surface area (Å²) in [5.74, 6) is -4.37. The molecule has 4 rings (SSSR count). The summed E-state index contributed by atoms with van der Waals surface area (Å²) >= 11 is 0. The zero-order valence-electron chi connectivity index (χ0n) is 16.3. The average molecular weight is 415 g/mol. The third kappa shape index (κ3) is 3.37. The summed E-state index contributed by atoms with van der Waals surface area (Å²) in [5.41, 5.74) is 5.92. The molecule has 3 N–H and O–H groups in total. The number of alkyl halides is 2. The summed E-state index contributed by atoms with van der Waals surface area (Å²) < 4.78 is 49.3. The lowest BCUT2D eigenvalue weighted by atomic mass is 9.85. The molecule has 2 aromatic rings. The van der Waals surface area contributed by atoms with Gasteiger partial charge in [0, 0.05) is 17.4 Å². The molecule has 0 radical (unpaired) electrons. The van der Waals surface area contributed by atoms with Crippen molar-refractivity contribution in [2.24, 2.45) is 10.7 Å². The number of fused-ring (bicyclic) bond motifs is 1. The molecule has 30 heavy (non-hydrogen) atoms. The largest absolute Gasteiger partial charge is 0.385 e. The third-order valence-electron chi connectivity index (χ3n) is 5.61. The lowest BCUT2D eigenvalue weighted by Crippen LogP contribution is -2.45. The lowest BCUT2D eigenvalue weighted by Gasteiger charge is -2.33. The van der Waals surface area contributed by atoms with Crippen LogP contribution in [-0.2, 0) is 16.7 Å². The highest BCUT2D eigenvalue weighted by atomic mass is 19.3. The molecule has 2 heterocycles. The molecule has 0 spiro atoms. The number of nitrogens with two attached hydrogens (primary N) is 1. The maximum absolute atomic E-state index is 14.8. The number of halogens is 3. The third-order valence-corrected chi connectivity index (χ3v) is 5.61. The predicted molar refractivity (Wildman–Crippen MR) is 105 cm³/mol. The van der Waals surface area contributed by atoms with Crippen LogP contribution in [0.2, 0.25) is 0 Å². The Morgan fingerprint density at radius 2 is 2.13 bits per heavy atom. The summed E-state index contributed by atoms with van der Waals surface area (Å²) in [7, 11) is 0. The van der Waals surface area contributed by atoms with E-state index in [1.165, 1.54) is 18.3 Å². The zero-order valence-corrected chi connectivity index (χ0v) is 16.3. The van der Waals surface area contributed by atoms with E-state index in [0.717, 1.165) is 37.1 Å². The monoisotopic (exact) mass is 415 g/mol. The smallest absolute Gasteiger partial charge is 0.299 e. The number of pyridine rings is 1. The molecule has 9 heteroatoms. The quantitative estimate of drug-likeness (QED) is 0.801. The second kappa shape index (κ2) is 7.29. The maximum atomic E-state index is 14.8. The van der Waals surface area contributed by atoms with Crippen LogP contribution in [0.15, 0.2) is 35.5 Å². The number of amidine groups is 1. The number of benzene rings is 1. The van der Waals surface area contributed by atoms with Gasteiger partial charge >= 0.3 is 0 Å². The van der Waals surface area contributed by atoms with Gasteiger partial charge < -0.3 is 15.8 Å². The summed E-state index contributed by atoms with van der Waals surface area (Å²) in [6, 6.07) is 7.65. The second-order valence-corrected chi connectivity index (χ2v) is 7.68. The molecule has 0 unspecified atom stereocenters. The van der Waals surface area contributed by atoms with Crippen molar-refractivity contribution < 1.29 is 17.9 Å². The van der Waals surface area contributed by atoms with Crippen molar-refractivity contribution in [3.05, 3.63) is 58.7 Å². The highest BCUT2D eigenvalue weighted by Gasteiger charge is 2.54. The van der Waals surface area contributed by atoms with Crippen molar-refractivity contribution in [1.82, 2.24) is 4.98 Å². The fourth-order valence-corrected chi connectivity index (χ4v) is 3.95. The minimum Gasteiger partial charge on any atom is -0.385 e. The van der Waals surface area contributed by atoms with Gasteiger partial charge in [-0.25, -0.2) is 13.2 Å². The van der Waals surface area contributed by atoms with Crippen LogP contribution in [-0.4, -0.2) is 30.0 Å². The molecule has 0 bridgehead atoms. The first-order valence-electron chi connectivity index (χ1n) is 9.49. The number of hydrogen-bond donors (Lipinski definition) is 2. The van der Waals surface area contributed by atoms with E-state index in [2.05, 4.69) is 21.4 Å². The lowest BCUT2D eigenvalue weighted by molar-refractivity contribution is -0.116. The summed E-state index contributed by atoms with van der Waals surface area (Å²) in [4.78, 5) is 8.29. The normalized spacial score (nSPS) is 25.0. The summed E-state index contributed by atoms with van der Waals surface area (Å²) in [5, 5.41) is 12.3. The highest BCUT2D eigenvalue weighted by Crippen LogP contribution is 2.44. The summed E-state index contributed by atoms with van der Waals surface area (Å²) in [6.45, 7) is 0.0124. The van der Waals surface area contributed by atoms with Gasteiger partial charge in [-0.1, -0.05) is 0 Å². The molecule has 0 amide bonds. The van der Waals surface area contributed by atoms with Crippen molar-refractivity contribution in [2.45, 2.75) is 37.3 Å². The average Bonchev–Trinajstić information content (AvgIpc) is 3.06. The van der Waals surface area contributed by atoms with Gasteiger partial charge in [0.25, 0.3) is 5.92 Å². The number of nitrogens with one attached hydrogen (secondary N) is 1. The molecule has 1 aliphatic carbocycles. The first kappa shape index (κ1) is 20.2. The van der Waals surface area contributed by atoms with E-state index in [9.17, 15) is 13.2 Å². The van der Waals surface area contributed by atoms with Crippen LogP contribution in [0.3, 0.4) is 0 Å². The van der Waals surface area contributed by atoms with Gasteiger partial charge in [0.2, 0.25) is 0 Å². The van der Waals surface area contributed by atoms with Crippen molar-refractivity contribution in [3.8, 4) is 6.07 Å². The molecule has 1 aliphatic heterocycles. The van der Waals surface area contributed by atoms with E-state index >= 15 is 0 Å². The van der Waals surface area contributed by atoms with E-state index < -0.39 is 23.9 Å².